The van der Waals surface area contributed by atoms with E-state index in [-0.39, 0.29) is 0 Å². The van der Waals surface area contributed by atoms with Crippen molar-refractivity contribution in [3.05, 3.63) is 58.6 Å². The highest BCUT2D eigenvalue weighted by Gasteiger charge is 2.10. The van der Waals surface area contributed by atoms with E-state index in [0.717, 1.165) is 21.8 Å². The minimum absolute atomic E-state index is 0.759. The summed E-state index contributed by atoms with van der Waals surface area (Å²) < 4.78 is 0. The van der Waals surface area contributed by atoms with E-state index >= 15 is 0 Å². The second-order valence-electron chi connectivity index (χ2n) is 5.78. The van der Waals surface area contributed by atoms with Gasteiger partial charge in [-0.25, -0.2) is 0 Å². The number of hydrogen-bond acceptors (Lipinski definition) is 2. The van der Waals surface area contributed by atoms with Crippen molar-refractivity contribution in [1.82, 2.24) is 0 Å². The number of rotatable bonds is 3. The molecule has 1 aliphatic heterocycles. The summed E-state index contributed by atoms with van der Waals surface area (Å²) in [7, 11) is 0. The number of aliphatic imine (C=N–C) groups is 1. The molecule has 2 nitrogen and oxygen atoms in total. The average molecular weight is 313 g/mol. The van der Waals surface area contributed by atoms with E-state index in [1.54, 1.807) is 0 Å². The number of piperidine rings is 1. The first kappa shape index (κ1) is 15.1. The van der Waals surface area contributed by atoms with Crippen LogP contribution in [0, 0.1) is 6.92 Å². The molecule has 0 saturated carbocycles. The van der Waals surface area contributed by atoms with Crippen molar-refractivity contribution in [2.45, 2.75) is 26.2 Å². The lowest BCUT2D eigenvalue weighted by Gasteiger charge is -2.28. The van der Waals surface area contributed by atoms with Crippen LogP contribution in [0.25, 0.3) is 0 Å². The molecule has 2 aromatic rings. The minimum Gasteiger partial charge on any atom is -0.372 e. The van der Waals surface area contributed by atoms with Crippen LogP contribution in [-0.4, -0.2) is 19.3 Å². The summed E-state index contributed by atoms with van der Waals surface area (Å²) >= 11 is 6.12. The normalized spacial score (nSPS) is 15.5. The van der Waals surface area contributed by atoms with E-state index in [9.17, 15) is 0 Å². The number of halogens is 1. The lowest BCUT2D eigenvalue weighted by atomic mass is 10.1. The fraction of sp³-hybridized carbons (Fsp3) is 0.316. The number of benzene rings is 2. The van der Waals surface area contributed by atoms with Gasteiger partial charge in [-0.05, 0) is 61.6 Å². The van der Waals surface area contributed by atoms with Gasteiger partial charge in [0.15, 0.2) is 0 Å². The third-order valence-electron chi connectivity index (χ3n) is 4.21. The molecule has 0 aromatic heterocycles. The Kier molecular flexibility index (Phi) is 4.79. The van der Waals surface area contributed by atoms with Crippen LogP contribution in [0.2, 0.25) is 5.02 Å². The summed E-state index contributed by atoms with van der Waals surface area (Å²) in [5, 5.41) is 0.759. The van der Waals surface area contributed by atoms with Crippen molar-refractivity contribution in [3.8, 4) is 0 Å². The molecule has 1 aliphatic rings. The number of hydrogen-bond donors (Lipinski definition) is 0. The molecule has 0 unspecified atom stereocenters. The van der Waals surface area contributed by atoms with Crippen molar-refractivity contribution in [2.24, 2.45) is 4.99 Å². The Morgan fingerprint density at radius 3 is 2.45 bits per heavy atom. The summed E-state index contributed by atoms with van der Waals surface area (Å²) in [5.41, 5.74) is 4.37. The van der Waals surface area contributed by atoms with Crippen LogP contribution in [0.4, 0.5) is 11.4 Å². The Balaban J connectivity index is 1.73. The fourth-order valence-corrected chi connectivity index (χ4v) is 2.97. The van der Waals surface area contributed by atoms with E-state index in [1.807, 2.05) is 31.3 Å². The largest absolute Gasteiger partial charge is 0.372 e. The third kappa shape index (κ3) is 3.50. The van der Waals surface area contributed by atoms with Crippen LogP contribution in [0.3, 0.4) is 0 Å². The zero-order valence-electron chi connectivity index (χ0n) is 12.9. The maximum absolute atomic E-state index is 6.12. The van der Waals surface area contributed by atoms with Gasteiger partial charge in [0.1, 0.15) is 0 Å². The second-order valence-corrected chi connectivity index (χ2v) is 6.19. The second kappa shape index (κ2) is 6.97. The number of anilines is 1. The van der Waals surface area contributed by atoms with Gasteiger partial charge in [-0.2, -0.15) is 0 Å². The van der Waals surface area contributed by atoms with Gasteiger partial charge < -0.3 is 4.90 Å². The van der Waals surface area contributed by atoms with Crippen molar-refractivity contribution >= 4 is 29.2 Å². The lowest BCUT2D eigenvalue weighted by Crippen LogP contribution is -2.29. The summed E-state index contributed by atoms with van der Waals surface area (Å²) in [6.45, 7) is 4.35. The fourth-order valence-electron chi connectivity index (χ4n) is 2.80. The molecule has 0 atom stereocenters. The minimum atomic E-state index is 0.759. The van der Waals surface area contributed by atoms with Crippen LogP contribution in [0.5, 0.6) is 0 Å². The van der Waals surface area contributed by atoms with E-state index in [2.05, 4.69) is 34.2 Å². The molecule has 0 N–H and O–H groups in total. The molecule has 0 aliphatic carbocycles. The van der Waals surface area contributed by atoms with Gasteiger partial charge in [0.25, 0.3) is 0 Å². The molecule has 1 saturated heterocycles. The van der Waals surface area contributed by atoms with Crippen LogP contribution < -0.4 is 4.90 Å². The van der Waals surface area contributed by atoms with E-state index in [0.29, 0.717) is 0 Å². The SMILES string of the molecule is Cc1c(Cl)cccc1N=Cc1ccc(N2CCCCC2)cc1. The van der Waals surface area contributed by atoms with Crippen LogP contribution >= 0.6 is 11.6 Å². The molecule has 0 bridgehead atoms. The zero-order valence-corrected chi connectivity index (χ0v) is 13.7. The molecular formula is C19H21ClN2. The Morgan fingerprint density at radius 1 is 1.00 bits per heavy atom. The predicted molar refractivity (Wildman–Crippen MR) is 95.9 cm³/mol. The van der Waals surface area contributed by atoms with E-state index in [1.165, 1.54) is 38.0 Å². The molecule has 1 heterocycles. The van der Waals surface area contributed by atoms with E-state index in [4.69, 9.17) is 11.6 Å². The molecular weight excluding hydrogens is 292 g/mol. The third-order valence-corrected chi connectivity index (χ3v) is 4.62. The first-order valence-corrected chi connectivity index (χ1v) is 8.26. The average Bonchev–Trinajstić information content (AvgIpc) is 2.57. The highest BCUT2D eigenvalue weighted by Crippen LogP contribution is 2.25. The van der Waals surface area contributed by atoms with Crippen LogP contribution in [0.1, 0.15) is 30.4 Å². The van der Waals surface area contributed by atoms with Gasteiger partial charge in [0.05, 0.1) is 5.69 Å². The molecule has 2 aromatic carbocycles. The van der Waals surface area contributed by atoms with Gasteiger partial charge >= 0.3 is 0 Å². The predicted octanol–water partition coefficient (Wildman–Crippen LogP) is 5.39. The van der Waals surface area contributed by atoms with Crippen molar-refractivity contribution < 1.29 is 0 Å². The molecule has 114 valence electrons. The van der Waals surface area contributed by atoms with Gasteiger partial charge in [-0.1, -0.05) is 29.8 Å². The molecule has 3 rings (SSSR count). The molecule has 0 spiro atoms. The highest BCUT2D eigenvalue weighted by molar-refractivity contribution is 6.31. The first-order valence-electron chi connectivity index (χ1n) is 7.88. The van der Waals surface area contributed by atoms with Crippen LogP contribution in [-0.2, 0) is 0 Å². The highest BCUT2D eigenvalue weighted by atomic mass is 35.5. The summed E-state index contributed by atoms with van der Waals surface area (Å²) in [5.74, 6) is 0. The molecule has 1 fully saturated rings. The monoisotopic (exact) mass is 312 g/mol. The van der Waals surface area contributed by atoms with Gasteiger partial charge in [-0.3, -0.25) is 4.99 Å². The van der Waals surface area contributed by atoms with Gasteiger partial charge in [-0.15, -0.1) is 0 Å². The molecule has 0 amide bonds. The van der Waals surface area contributed by atoms with Crippen molar-refractivity contribution in [1.29, 1.82) is 0 Å². The summed E-state index contributed by atoms with van der Waals surface area (Å²) in [4.78, 5) is 7.02. The topological polar surface area (TPSA) is 15.6 Å². The van der Waals surface area contributed by atoms with Crippen LogP contribution in [0.15, 0.2) is 47.5 Å². The summed E-state index contributed by atoms with van der Waals surface area (Å²) in [6.07, 6.45) is 5.87. The van der Waals surface area contributed by atoms with E-state index < -0.39 is 0 Å². The Labute approximate surface area is 137 Å². The van der Waals surface area contributed by atoms with Gasteiger partial charge in [0.2, 0.25) is 0 Å². The van der Waals surface area contributed by atoms with Crippen molar-refractivity contribution in [3.63, 3.8) is 0 Å². The first-order chi connectivity index (χ1) is 10.7. The standard InChI is InChI=1S/C19H21ClN2/c1-15-18(20)6-5-7-19(15)21-14-16-8-10-17(11-9-16)22-12-3-2-4-13-22/h5-11,14H,2-4,12-13H2,1H3. The Bertz CT molecular complexity index is 656. The Morgan fingerprint density at radius 2 is 1.73 bits per heavy atom. The molecule has 22 heavy (non-hydrogen) atoms. The molecule has 0 radical (unpaired) electrons. The lowest BCUT2D eigenvalue weighted by molar-refractivity contribution is 0.578. The van der Waals surface area contributed by atoms with Gasteiger partial charge in [0, 0.05) is 30.0 Å². The quantitative estimate of drug-likeness (QED) is 0.694. The smallest absolute Gasteiger partial charge is 0.0673 e. The molecule has 3 heteroatoms. The van der Waals surface area contributed by atoms with Crippen molar-refractivity contribution in [2.75, 3.05) is 18.0 Å². The maximum Gasteiger partial charge on any atom is 0.0673 e. The summed E-state index contributed by atoms with van der Waals surface area (Å²) in [6, 6.07) is 14.5. The Hall–Kier alpha value is -1.80. The zero-order chi connectivity index (χ0) is 15.4. The number of nitrogens with zero attached hydrogens (tertiary/aromatic N) is 2. The maximum atomic E-state index is 6.12.